The van der Waals surface area contributed by atoms with Crippen LogP contribution in [0.2, 0.25) is 0 Å². The van der Waals surface area contributed by atoms with Gasteiger partial charge in [-0.25, -0.2) is 4.39 Å². The zero-order valence-electron chi connectivity index (χ0n) is 9.46. The number of aliphatic hydroxyl groups excluding tert-OH is 1. The van der Waals surface area contributed by atoms with Crippen LogP contribution in [0.5, 0.6) is 0 Å². The van der Waals surface area contributed by atoms with Crippen LogP contribution >= 0.6 is 0 Å². The van der Waals surface area contributed by atoms with Gasteiger partial charge in [-0.2, -0.15) is 0 Å². The van der Waals surface area contributed by atoms with Gasteiger partial charge in [0.15, 0.2) is 0 Å². The summed E-state index contributed by atoms with van der Waals surface area (Å²) in [4.78, 5) is 11.6. The summed E-state index contributed by atoms with van der Waals surface area (Å²) < 4.78 is 13.2. The molecule has 0 fully saturated rings. The number of amides is 1. The van der Waals surface area contributed by atoms with Crippen LogP contribution in [0, 0.1) is 12.7 Å². The van der Waals surface area contributed by atoms with Gasteiger partial charge in [-0.15, -0.1) is 0 Å². The molecule has 88 valence electrons. The third-order valence-corrected chi connectivity index (χ3v) is 2.37. The number of aliphatic hydroxyl groups is 1. The summed E-state index contributed by atoms with van der Waals surface area (Å²) in [6.07, 6.45) is 0.486. The van der Waals surface area contributed by atoms with Crippen molar-refractivity contribution in [2.75, 3.05) is 6.61 Å². The molecule has 4 heteroatoms. The minimum atomic E-state index is -0.387. The number of aryl methyl sites for hydroxylation is 1. The van der Waals surface area contributed by atoms with E-state index in [2.05, 4.69) is 5.32 Å². The fourth-order valence-corrected chi connectivity index (χ4v) is 1.31. The van der Waals surface area contributed by atoms with Crippen LogP contribution in [0.4, 0.5) is 4.39 Å². The molecule has 1 unspecified atom stereocenters. The van der Waals surface area contributed by atoms with Crippen LogP contribution < -0.4 is 5.32 Å². The molecule has 1 atom stereocenters. The van der Waals surface area contributed by atoms with E-state index in [1.165, 1.54) is 6.07 Å². The molecule has 0 saturated carbocycles. The zero-order valence-corrected chi connectivity index (χ0v) is 9.46. The molecular formula is C12H16FNO2. The molecule has 1 aromatic carbocycles. The Morgan fingerprint density at radius 1 is 1.56 bits per heavy atom. The molecule has 16 heavy (non-hydrogen) atoms. The van der Waals surface area contributed by atoms with Crippen molar-refractivity contribution in [2.24, 2.45) is 0 Å². The first kappa shape index (κ1) is 12.6. The number of benzene rings is 1. The Morgan fingerprint density at radius 2 is 2.25 bits per heavy atom. The number of halogens is 1. The van der Waals surface area contributed by atoms with Gasteiger partial charge in [-0.05, 0) is 38.0 Å². The van der Waals surface area contributed by atoms with E-state index < -0.39 is 0 Å². The molecule has 1 aromatic rings. The Bertz CT molecular complexity index is 379. The summed E-state index contributed by atoms with van der Waals surface area (Å²) in [5, 5.41) is 11.4. The Hall–Kier alpha value is -1.42. The molecule has 1 amide bonds. The van der Waals surface area contributed by atoms with Crippen LogP contribution in [-0.2, 0) is 0 Å². The second-order valence-corrected chi connectivity index (χ2v) is 3.85. The van der Waals surface area contributed by atoms with Crippen molar-refractivity contribution in [3.05, 3.63) is 35.1 Å². The van der Waals surface area contributed by atoms with Crippen molar-refractivity contribution in [3.63, 3.8) is 0 Å². The topological polar surface area (TPSA) is 49.3 Å². The smallest absolute Gasteiger partial charge is 0.251 e. The first-order valence-electron chi connectivity index (χ1n) is 5.22. The van der Waals surface area contributed by atoms with Crippen molar-refractivity contribution in [3.8, 4) is 0 Å². The molecule has 0 aliphatic carbocycles. The van der Waals surface area contributed by atoms with Crippen LogP contribution in [0.25, 0.3) is 0 Å². The lowest BCUT2D eigenvalue weighted by Gasteiger charge is -2.12. The number of carbonyl (C=O) groups excluding carboxylic acids is 1. The molecule has 0 bridgehead atoms. The maximum absolute atomic E-state index is 13.2. The molecular weight excluding hydrogens is 209 g/mol. The molecule has 0 aromatic heterocycles. The SMILES string of the molecule is Cc1ccc(C(=O)NC(C)CCO)cc1F. The molecule has 2 N–H and O–H groups in total. The van der Waals surface area contributed by atoms with Gasteiger partial charge in [0.2, 0.25) is 0 Å². The zero-order chi connectivity index (χ0) is 12.1. The number of nitrogens with one attached hydrogen (secondary N) is 1. The van der Waals surface area contributed by atoms with Crippen LogP contribution in [-0.4, -0.2) is 23.7 Å². The number of carbonyl (C=O) groups is 1. The van der Waals surface area contributed by atoms with Gasteiger partial charge in [-0.3, -0.25) is 4.79 Å². The summed E-state index contributed by atoms with van der Waals surface area (Å²) in [7, 11) is 0. The van der Waals surface area contributed by atoms with Crippen molar-refractivity contribution >= 4 is 5.91 Å². The van der Waals surface area contributed by atoms with E-state index >= 15 is 0 Å². The summed E-state index contributed by atoms with van der Waals surface area (Å²) in [6, 6.07) is 4.25. The monoisotopic (exact) mass is 225 g/mol. The Balaban J connectivity index is 2.69. The van der Waals surface area contributed by atoms with Crippen molar-refractivity contribution in [1.82, 2.24) is 5.32 Å². The number of hydrogen-bond acceptors (Lipinski definition) is 2. The lowest BCUT2D eigenvalue weighted by molar-refractivity contribution is 0.0934. The normalized spacial score (nSPS) is 12.2. The summed E-state index contributed by atoms with van der Waals surface area (Å²) in [6.45, 7) is 3.45. The Kier molecular flexibility index (Phi) is 4.43. The highest BCUT2D eigenvalue weighted by atomic mass is 19.1. The van der Waals surface area contributed by atoms with Gasteiger partial charge in [0.25, 0.3) is 5.91 Å². The van der Waals surface area contributed by atoms with Crippen molar-refractivity contribution in [1.29, 1.82) is 0 Å². The third-order valence-electron chi connectivity index (χ3n) is 2.37. The highest BCUT2D eigenvalue weighted by Gasteiger charge is 2.10. The summed E-state index contributed by atoms with van der Waals surface area (Å²) in [5.41, 5.74) is 0.813. The lowest BCUT2D eigenvalue weighted by Crippen LogP contribution is -2.33. The van der Waals surface area contributed by atoms with Crippen molar-refractivity contribution in [2.45, 2.75) is 26.3 Å². The molecule has 3 nitrogen and oxygen atoms in total. The van der Waals surface area contributed by atoms with E-state index in [4.69, 9.17) is 5.11 Å². The first-order chi connectivity index (χ1) is 7.54. The van der Waals surface area contributed by atoms with E-state index in [1.54, 1.807) is 26.0 Å². The predicted molar refractivity (Wildman–Crippen MR) is 59.8 cm³/mol. The van der Waals surface area contributed by atoms with Crippen LogP contribution in [0.1, 0.15) is 29.3 Å². The molecule has 0 aliphatic rings. The van der Waals surface area contributed by atoms with E-state index in [9.17, 15) is 9.18 Å². The summed E-state index contributed by atoms with van der Waals surface area (Å²) in [5.74, 6) is -0.706. The quantitative estimate of drug-likeness (QED) is 0.818. The molecule has 0 radical (unpaired) electrons. The highest BCUT2D eigenvalue weighted by Crippen LogP contribution is 2.09. The van der Waals surface area contributed by atoms with E-state index in [0.29, 0.717) is 17.5 Å². The molecule has 1 rings (SSSR count). The molecule has 0 saturated heterocycles. The van der Waals surface area contributed by atoms with E-state index in [1.807, 2.05) is 0 Å². The van der Waals surface area contributed by atoms with Gasteiger partial charge < -0.3 is 10.4 Å². The predicted octanol–water partition coefficient (Wildman–Crippen LogP) is 1.63. The fraction of sp³-hybridized carbons (Fsp3) is 0.417. The van der Waals surface area contributed by atoms with Crippen LogP contribution in [0.15, 0.2) is 18.2 Å². The van der Waals surface area contributed by atoms with Gasteiger partial charge in [0, 0.05) is 18.2 Å². The van der Waals surface area contributed by atoms with Gasteiger partial charge >= 0.3 is 0 Å². The molecule has 0 spiro atoms. The average Bonchev–Trinajstić information content (AvgIpc) is 2.22. The van der Waals surface area contributed by atoms with Crippen molar-refractivity contribution < 1.29 is 14.3 Å². The van der Waals surface area contributed by atoms with Gasteiger partial charge in [0.1, 0.15) is 5.82 Å². The second-order valence-electron chi connectivity index (χ2n) is 3.85. The largest absolute Gasteiger partial charge is 0.396 e. The molecule has 0 heterocycles. The average molecular weight is 225 g/mol. The maximum atomic E-state index is 13.2. The maximum Gasteiger partial charge on any atom is 0.251 e. The fourth-order valence-electron chi connectivity index (χ4n) is 1.31. The summed E-state index contributed by atoms with van der Waals surface area (Å²) >= 11 is 0. The second kappa shape index (κ2) is 5.61. The van der Waals surface area contributed by atoms with E-state index in [-0.39, 0.29) is 24.4 Å². The molecule has 0 aliphatic heterocycles. The standard InChI is InChI=1S/C12H16FNO2/c1-8-3-4-10(7-11(8)13)12(16)14-9(2)5-6-15/h3-4,7,9,15H,5-6H2,1-2H3,(H,14,16). The number of rotatable bonds is 4. The van der Waals surface area contributed by atoms with Gasteiger partial charge in [-0.1, -0.05) is 6.07 Å². The van der Waals surface area contributed by atoms with Gasteiger partial charge in [0.05, 0.1) is 0 Å². The number of hydrogen-bond donors (Lipinski definition) is 2. The minimum Gasteiger partial charge on any atom is -0.396 e. The minimum absolute atomic E-state index is 0.0176. The Morgan fingerprint density at radius 3 is 2.81 bits per heavy atom. The van der Waals surface area contributed by atoms with E-state index in [0.717, 1.165) is 0 Å². The first-order valence-corrected chi connectivity index (χ1v) is 5.22. The Labute approximate surface area is 94.3 Å². The third kappa shape index (κ3) is 3.31. The lowest BCUT2D eigenvalue weighted by atomic mass is 10.1. The highest BCUT2D eigenvalue weighted by molar-refractivity contribution is 5.94. The van der Waals surface area contributed by atoms with Crippen LogP contribution in [0.3, 0.4) is 0 Å².